The van der Waals surface area contributed by atoms with Gasteiger partial charge in [0.15, 0.2) is 0 Å². The molecule has 2 rings (SSSR count). The third kappa shape index (κ3) is 1.97. The first-order valence-electron chi connectivity index (χ1n) is 5.03. The van der Waals surface area contributed by atoms with Crippen molar-refractivity contribution in [1.82, 2.24) is 4.57 Å². The lowest BCUT2D eigenvalue weighted by atomic mass is 10.2. The van der Waals surface area contributed by atoms with Crippen molar-refractivity contribution in [2.45, 2.75) is 13.5 Å². The van der Waals surface area contributed by atoms with Crippen molar-refractivity contribution < 1.29 is 0 Å². The van der Waals surface area contributed by atoms with Gasteiger partial charge >= 0.3 is 4.87 Å². The molecule has 0 aliphatic rings. The van der Waals surface area contributed by atoms with Crippen LogP contribution in [0.3, 0.4) is 0 Å². The van der Waals surface area contributed by atoms with Crippen LogP contribution in [0.25, 0.3) is 10.4 Å². The summed E-state index contributed by atoms with van der Waals surface area (Å²) in [4.78, 5) is 23.8. The molecule has 2 aromatic rings. The molecule has 0 amide bonds. The molecule has 0 fully saturated rings. The third-order valence-corrected chi connectivity index (χ3v) is 3.28. The molecule has 0 saturated carbocycles. The summed E-state index contributed by atoms with van der Waals surface area (Å²) in [6.45, 7) is 2.21. The minimum Gasteiger partial charge on any atom is -0.269 e. The van der Waals surface area contributed by atoms with Crippen LogP contribution >= 0.6 is 11.3 Å². The van der Waals surface area contributed by atoms with Crippen LogP contribution in [0, 0.1) is 0 Å². The predicted octanol–water partition coefficient (Wildman–Crippen LogP) is 1.96. The monoisotopic (exact) mass is 233 g/mol. The fourth-order valence-corrected chi connectivity index (χ4v) is 2.42. The summed E-state index contributed by atoms with van der Waals surface area (Å²) < 4.78 is 1.23. The number of hydrogen-bond acceptors (Lipinski definition) is 3. The molecule has 0 saturated heterocycles. The predicted molar refractivity (Wildman–Crippen MR) is 66.0 cm³/mol. The lowest BCUT2D eigenvalue weighted by Crippen LogP contribution is -2.29. The van der Waals surface area contributed by atoms with Crippen molar-refractivity contribution in [3.8, 4) is 10.4 Å². The maximum absolute atomic E-state index is 11.6. The second kappa shape index (κ2) is 4.45. The standard InChI is InChI=1S/C12H11NO2S/c1-2-13-11(14)8-10(16-12(13)15)9-6-4-3-5-7-9/h3-8H,2H2,1H3. The highest BCUT2D eigenvalue weighted by Crippen LogP contribution is 2.18. The minimum atomic E-state index is -0.231. The Morgan fingerprint density at radius 3 is 2.44 bits per heavy atom. The van der Waals surface area contributed by atoms with Gasteiger partial charge in [0.05, 0.1) is 0 Å². The highest BCUT2D eigenvalue weighted by Gasteiger charge is 2.04. The molecule has 0 bridgehead atoms. The van der Waals surface area contributed by atoms with Crippen molar-refractivity contribution in [1.29, 1.82) is 0 Å². The van der Waals surface area contributed by atoms with Gasteiger partial charge in [0.2, 0.25) is 0 Å². The van der Waals surface area contributed by atoms with Gasteiger partial charge in [-0.05, 0) is 12.5 Å². The van der Waals surface area contributed by atoms with E-state index >= 15 is 0 Å². The van der Waals surface area contributed by atoms with Crippen LogP contribution < -0.4 is 10.4 Å². The Hall–Kier alpha value is -1.68. The molecule has 0 aliphatic carbocycles. The summed E-state index contributed by atoms with van der Waals surface area (Å²) in [5.41, 5.74) is 0.676. The fraction of sp³-hybridized carbons (Fsp3) is 0.167. The highest BCUT2D eigenvalue weighted by atomic mass is 32.1. The average molecular weight is 233 g/mol. The summed E-state index contributed by atoms with van der Waals surface area (Å²) in [5.74, 6) is 0. The first-order valence-corrected chi connectivity index (χ1v) is 5.84. The van der Waals surface area contributed by atoms with Gasteiger partial charge in [-0.2, -0.15) is 0 Å². The summed E-state index contributed by atoms with van der Waals surface area (Å²) >= 11 is 1.10. The van der Waals surface area contributed by atoms with Gasteiger partial charge in [-0.25, -0.2) is 0 Å². The molecular weight excluding hydrogens is 222 g/mol. The van der Waals surface area contributed by atoms with Crippen LogP contribution in [0.15, 0.2) is 46.0 Å². The molecule has 3 nitrogen and oxygen atoms in total. The first-order chi connectivity index (χ1) is 7.72. The van der Waals surface area contributed by atoms with E-state index in [1.165, 1.54) is 10.6 Å². The van der Waals surface area contributed by atoms with E-state index in [1.54, 1.807) is 6.92 Å². The van der Waals surface area contributed by atoms with Gasteiger partial charge in [-0.15, -0.1) is 0 Å². The zero-order valence-electron chi connectivity index (χ0n) is 8.84. The zero-order valence-corrected chi connectivity index (χ0v) is 9.66. The summed E-state index contributed by atoms with van der Waals surface area (Å²) in [5, 5.41) is 0. The molecular formula is C12H11NO2S. The Morgan fingerprint density at radius 2 is 1.88 bits per heavy atom. The number of nitrogens with zero attached hydrogens (tertiary/aromatic N) is 1. The SMILES string of the molecule is CCn1c(=O)cc(-c2ccccc2)sc1=O. The first kappa shape index (κ1) is 10.8. The van der Waals surface area contributed by atoms with Gasteiger partial charge in [-0.3, -0.25) is 14.2 Å². The minimum absolute atomic E-state index is 0.200. The van der Waals surface area contributed by atoms with Crippen LogP contribution in [0.2, 0.25) is 0 Å². The van der Waals surface area contributed by atoms with E-state index in [-0.39, 0.29) is 10.4 Å². The van der Waals surface area contributed by atoms with Gasteiger partial charge in [0.1, 0.15) is 0 Å². The molecule has 1 heterocycles. The summed E-state index contributed by atoms with van der Waals surface area (Å²) in [6.07, 6.45) is 0. The Morgan fingerprint density at radius 1 is 1.19 bits per heavy atom. The highest BCUT2D eigenvalue weighted by molar-refractivity contribution is 7.12. The third-order valence-electron chi connectivity index (χ3n) is 2.31. The largest absolute Gasteiger partial charge is 0.310 e. The van der Waals surface area contributed by atoms with E-state index in [1.807, 2.05) is 30.3 Å². The van der Waals surface area contributed by atoms with Crippen molar-refractivity contribution >= 4 is 11.3 Å². The molecule has 0 atom stereocenters. The van der Waals surface area contributed by atoms with Gasteiger partial charge < -0.3 is 0 Å². The molecule has 1 aromatic carbocycles. The maximum atomic E-state index is 11.6. The molecule has 1 aromatic heterocycles. The molecule has 0 spiro atoms. The summed E-state index contributed by atoms with van der Waals surface area (Å²) in [7, 11) is 0. The molecule has 0 radical (unpaired) electrons. The number of rotatable bonds is 2. The van der Waals surface area contributed by atoms with E-state index < -0.39 is 0 Å². The van der Waals surface area contributed by atoms with Gasteiger partial charge in [0, 0.05) is 17.5 Å². The lowest BCUT2D eigenvalue weighted by Gasteiger charge is -2.02. The zero-order chi connectivity index (χ0) is 11.5. The second-order valence-electron chi connectivity index (χ2n) is 3.33. The Bertz CT molecular complexity index is 567. The van der Waals surface area contributed by atoms with Crippen LogP contribution in [0.4, 0.5) is 0 Å². The normalized spacial score (nSPS) is 10.3. The van der Waals surface area contributed by atoms with Crippen LogP contribution in [0.1, 0.15) is 6.92 Å². The van der Waals surface area contributed by atoms with Crippen molar-refractivity contribution in [2.24, 2.45) is 0 Å². The Labute approximate surface area is 96.6 Å². The summed E-state index contributed by atoms with van der Waals surface area (Å²) in [6, 6.07) is 11.0. The molecule has 4 heteroatoms. The van der Waals surface area contributed by atoms with Gasteiger partial charge in [0.25, 0.3) is 5.56 Å². The van der Waals surface area contributed by atoms with Crippen LogP contribution in [0.5, 0.6) is 0 Å². The van der Waals surface area contributed by atoms with Crippen molar-refractivity contribution in [2.75, 3.05) is 0 Å². The number of benzene rings is 1. The smallest absolute Gasteiger partial charge is 0.269 e. The fourth-order valence-electron chi connectivity index (χ4n) is 1.49. The molecule has 0 N–H and O–H groups in total. The Kier molecular flexibility index (Phi) is 3.01. The lowest BCUT2D eigenvalue weighted by molar-refractivity contribution is 0.714. The van der Waals surface area contributed by atoms with E-state index in [0.717, 1.165) is 21.8 Å². The van der Waals surface area contributed by atoms with Crippen LogP contribution in [-0.2, 0) is 6.54 Å². The van der Waals surface area contributed by atoms with Crippen LogP contribution in [-0.4, -0.2) is 4.57 Å². The van der Waals surface area contributed by atoms with Crippen molar-refractivity contribution in [3.63, 3.8) is 0 Å². The van der Waals surface area contributed by atoms with Crippen molar-refractivity contribution in [3.05, 3.63) is 56.4 Å². The average Bonchev–Trinajstić information content (AvgIpc) is 2.30. The molecule has 0 aliphatic heterocycles. The Balaban J connectivity index is 2.62. The van der Waals surface area contributed by atoms with E-state index in [4.69, 9.17) is 0 Å². The van der Waals surface area contributed by atoms with Gasteiger partial charge in [-0.1, -0.05) is 41.7 Å². The van der Waals surface area contributed by atoms with E-state index in [2.05, 4.69) is 0 Å². The van der Waals surface area contributed by atoms with E-state index in [9.17, 15) is 9.59 Å². The maximum Gasteiger partial charge on any atom is 0.310 e. The number of aromatic nitrogens is 1. The molecule has 16 heavy (non-hydrogen) atoms. The molecule has 82 valence electrons. The molecule has 0 unspecified atom stereocenters. The number of hydrogen-bond donors (Lipinski definition) is 0. The topological polar surface area (TPSA) is 39.1 Å². The quantitative estimate of drug-likeness (QED) is 0.795. The second-order valence-corrected chi connectivity index (χ2v) is 4.32. The van der Waals surface area contributed by atoms with E-state index in [0.29, 0.717) is 6.54 Å².